The van der Waals surface area contributed by atoms with Crippen LogP contribution in [0.3, 0.4) is 0 Å². The van der Waals surface area contributed by atoms with E-state index >= 15 is 0 Å². The van der Waals surface area contributed by atoms with Gasteiger partial charge in [-0.05, 0) is 20.8 Å². The molecule has 1 saturated heterocycles. The molecule has 1 rings (SSSR count). The van der Waals surface area contributed by atoms with Crippen molar-refractivity contribution in [3.63, 3.8) is 0 Å². The van der Waals surface area contributed by atoms with Gasteiger partial charge in [-0.15, -0.1) is 0 Å². The van der Waals surface area contributed by atoms with Crippen molar-refractivity contribution in [1.82, 2.24) is 10.2 Å². The number of carboxylic acid groups (broad SMARTS) is 1. The minimum atomic E-state index is -1.03. The molecule has 6 heteroatoms. The lowest BCUT2D eigenvalue weighted by Gasteiger charge is -2.38. The van der Waals surface area contributed by atoms with Crippen molar-refractivity contribution in [2.75, 3.05) is 19.6 Å². The minimum absolute atomic E-state index is 0.0912. The van der Waals surface area contributed by atoms with E-state index in [2.05, 4.69) is 5.32 Å². The lowest BCUT2D eigenvalue weighted by atomic mass is 10.1. The van der Waals surface area contributed by atoms with Crippen molar-refractivity contribution in [1.29, 1.82) is 0 Å². The molecule has 0 bridgehead atoms. The average Bonchev–Trinajstić information content (AvgIpc) is 2.23. The van der Waals surface area contributed by atoms with E-state index in [1.165, 1.54) is 0 Å². The lowest BCUT2D eigenvalue weighted by Crippen LogP contribution is -2.54. The van der Waals surface area contributed by atoms with Crippen LogP contribution in [0.4, 0.5) is 0 Å². The van der Waals surface area contributed by atoms with Gasteiger partial charge >= 0.3 is 5.97 Å². The van der Waals surface area contributed by atoms with E-state index in [9.17, 15) is 9.59 Å². The Morgan fingerprint density at radius 1 is 1.41 bits per heavy atom. The highest BCUT2D eigenvalue weighted by molar-refractivity contribution is 5.84. The number of ether oxygens (including phenoxy) is 1. The van der Waals surface area contributed by atoms with Gasteiger partial charge in [-0.1, -0.05) is 0 Å². The molecule has 1 aliphatic rings. The number of morpholine rings is 1. The van der Waals surface area contributed by atoms with Gasteiger partial charge < -0.3 is 15.2 Å². The van der Waals surface area contributed by atoms with E-state index in [1.54, 1.807) is 6.92 Å². The van der Waals surface area contributed by atoms with Gasteiger partial charge in [-0.25, -0.2) is 0 Å². The number of carbonyl (C=O) groups is 2. The monoisotopic (exact) mass is 244 g/mol. The minimum Gasteiger partial charge on any atom is -0.480 e. The van der Waals surface area contributed by atoms with Crippen molar-refractivity contribution < 1.29 is 19.4 Å². The summed E-state index contributed by atoms with van der Waals surface area (Å²) in [6.45, 7) is 6.74. The highest BCUT2D eigenvalue weighted by Gasteiger charge is 2.29. The Kier molecular flexibility index (Phi) is 4.89. The molecule has 1 amide bonds. The van der Waals surface area contributed by atoms with Crippen molar-refractivity contribution in [3.8, 4) is 0 Å². The number of rotatable bonds is 4. The summed E-state index contributed by atoms with van der Waals surface area (Å²) in [5.74, 6) is -1.29. The van der Waals surface area contributed by atoms with Crippen LogP contribution in [0.15, 0.2) is 0 Å². The molecule has 0 radical (unpaired) electrons. The number of carboxylic acids is 1. The summed E-state index contributed by atoms with van der Waals surface area (Å²) in [7, 11) is 0. The van der Waals surface area contributed by atoms with E-state index in [1.807, 2.05) is 18.7 Å². The van der Waals surface area contributed by atoms with Crippen LogP contribution in [0.1, 0.15) is 20.8 Å². The Morgan fingerprint density at radius 2 is 1.94 bits per heavy atom. The van der Waals surface area contributed by atoms with E-state index < -0.39 is 5.97 Å². The fourth-order valence-electron chi connectivity index (χ4n) is 2.01. The topological polar surface area (TPSA) is 78.9 Å². The van der Waals surface area contributed by atoms with Gasteiger partial charge in [0.1, 0.15) is 6.54 Å². The number of amides is 1. The van der Waals surface area contributed by atoms with Gasteiger partial charge in [0.05, 0.1) is 18.2 Å². The maximum Gasteiger partial charge on any atom is 0.322 e. The van der Waals surface area contributed by atoms with Crippen LogP contribution in [0, 0.1) is 0 Å². The molecule has 0 aromatic carbocycles. The molecule has 17 heavy (non-hydrogen) atoms. The second-order valence-corrected chi connectivity index (χ2v) is 4.50. The van der Waals surface area contributed by atoms with Crippen LogP contribution in [-0.2, 0) is 14.3 Å². The summed E-state index contributed by atoms with van der Waals surface area (Å²) < 4.78 is 5.58. The number of hydrogen-bond donors (Lipinski definition) is 2. The van der Waals surface area contributed by atoms with Gasteiger partial charge in [0.2, 0.25) is 5.91 Å². The number of nitrogens with zero attached hydrogens (tertiary/aromatic N) is 1. The highest BCUT2D eigenvalue weighted by atomic mass is 16.5. The van der Waals surface area contributed by atoms with Crippen LogP contribution < -0.4 is 5.32 Å². The van der Waals surface area contributed by atoms with Gasteiger partial charge in [0, 0.05) is 13.1 Å². The molecule has 0 spiro atoms. The van der Waals surface area contributed by atoms with Crippen LogP contribution in [0.2, 0.25) is 0 Å². The lowest BCUT2D eigenvalue weighted by molar-refractivity contribution is -0.140. The number of nitrogens with one attached hydrogen (secondary N) is 1. The first-order chi connectivity index (χ1) is 7.90. The van der Waals surface area contributed by atoms with Crippen molar-refractivity contribution in [2.24, 2.45) is 0 Å². The zero-order chi connectivity index (χ0) is 13.0. The SMILES string of the molecule is CC1CN(C(C)C(=O)NCC(=O)O)CC(C)O1. The van der Waals surface area contributed by atoms with E-state index in [-0.39, 0.29) is 30.7 Å². The fourth-order valence-corrected chi connectivity index (χ4v) is 2.01. The van der Waals surface area contributed by atoms with E-state index in [4.69, 9.17) is 9.84 Å². The summed E-state index contributed by atoms with van der Waals surface area (Å²) in [5.41, 5.74) is 0. The normalized spacial score (nSPS) is 27.5. The quantitative estimate of drug-likeness (QED) is 0.709. The second kappa shape index (κ2) is 5.97. The van der Waals surface area contributed by atoms with E-state index in [0.29, 0.717) is 13.1 Å². The maximum atomic E-state index is 11.7. The van der Waals surface area contributed by atoms with Gasteiger partial charge in [-0.2, -0.15) is 0 Å². The summed E-state index contributed by atoms with van der Waals surface area (Å²) in [6.07, 6.45) is 0.182. The van der Waals surface area contributed by atoms with Crippen LogP contribution in [-0.4, -0.2) is 59.8 Å². The summed E-state index contributed by atoms with van der Waals surface area (Å²) in [5, 5.41) is 10.9. The number of aliphatic carboxylic acids is 1. The third-order valence-electron chi connectivity index (χ3n) is 2.79. The van der Waals surface area contributed by atoms with Gasteiger partial charge in [-0.3, -0.25) is 14.5 Å². The molecule has 3 unspecified atom stereocenters. The number of hydrogen-bond acceptors (Lipinski definition) is 4. The largest absolute Gasteiger partial charge is 0.480 e. The van der Waals surface area contributed by atoms with Crippen LogP contribution >= 0.6 is 0 Å². The molecule has 98 valence electrons. The molecule has 0 aromatic heterocycles. The van der Waals surface area contributed by atoms with Crippen molar-refractivity contribution in [2.45, 2.75) is 39.0 Å². The van der Waals surface area contributed by atoms with Crippen LogP contribution in [0.5, 0.6) is 0 Å². The fraction of sp³-hybridized carbons (Fsp3) is 0.818. The molecule has 1 aliphatic heterocycles. The average molecular weight is 244 g/mol. The number of carbonyl (C=O) groups excluding carboxylic acids is 1. The summed E-state index contributed by atoms with van der Waals surface area (Å²) in [4.78, 5) is 24.1. The smallest absolute Gasteiger partial charge is 0.322 e. The zero-order valence-corrected chi connectivity index (χ0v) is 10.5. The van der Waals surface area contributed by atoms with Crippen molar-refractivity contribution in [3.05, 3.63) is 0 Å². The molecule has 1 heterocycles. The van der Waals surface area contributed by atoms with Crippen LogP contribution in [0.25, 0.3) is 0 Å². The maximum absolute atomic E-state index is 11.7. The Bertz CT molecular complexity index is 285. The summed E-state index contributed by atoms with van der Waals surface area (Å²) in [6, 6.07) is -0.330. The van der Waals surface area contributed by atoms with Gasteiger partial charge in [0.15, 0.2) is 0 Å². The molecule has 1 fully saturated rings. The van der Waals surface area contributed by atoms with E-state index in [0.717, 1.165) is 0 Å². The standard InChI is InChI=1S/C11H20N2O4/c1-7-5-13(6-8(2)17-7)9(3)11(16)12-4-10(14)15/h7-9H,4-6H2,1-3H3,(H,12,16)(H,14,15). The first-order valence-corrected chi connectivity index (χ1v) is 5.79. The Labute approximate surface area is 101 Å². The van der Waals surface area contributed by atoms with Crippen molar-refractivity contribution >= 4 is 11.9 Å². The molecule has 2 N–H and O–H groups in total. The first-order valence-electron chi connectivity index (χ1n) is 5.79. The Hall–Kier alpha value is -1.14. The molecule has 6 nitrogen and oxygen atoms in total. The Balaban J connectivity index is 2.47. The predicted octanol–water partition coefficient (Wildman–Crippen LogP) is -0.315. The second-order valence-electron chi connectivity index (χ2n) is 4.50. The molecular weight excluding hydrogens is 224 g/mol. The van der Waals surface area contributed by atoms with Gasteiger partial charge in [0.25, 0.3) is 0 Å². The third-order valence-corrected chi connectivity index (χ3v) is 2.79. The summed E-state index contributed by atoms with van der Waals surface area (Å²) >= 11 is 0. The molecule has 0 aliphatic carbocycles. The molecule has 0 saturated carbocycles. The zero-order valence-electron chi connectivity index (χ0n) is 10.5. The Morgan fingerprint density at radius 3 is 2.41 bits per heavy atom. The molecule has 0 aromatic rings. The highest BCUT2D eigenvalue weighted by Crippen LogP contribution is 2.13. The molecule has 3 atom stereocenters. The first kappa shape index (κ1) is 13.9. The predicted molar refractivity (Wildman–Crippen MR) is 61.7 cm³/mol. The third kappa shape index (κ3) is 4.32. The molecular formula is C11H20N2O4.